The highest BCUT2D eigenvalue weighted by Crippen LogP contribution is 2.04. The van der Waals surface area contributed by atoms with Crippen LogP contribution < -0.4 is 0 Å². The first kappa shape index (κ1) is 10.4. The van der Waals surface area contributed by atoms with Gasteiger partial charge in [0.2, 0.25) is 0 Å². The molecular weight excluding hydrogens is 188 g/mol. The number of hydrogen-bond acceptors (Lipinski definition) is 4. The minimum absolute atomic E-state index is 0.322. The van der Waals surface area contributed by atoms with Gasteiger partial charge in [-0.25, -0.2) is 8.42 Å². The minimum Gasteiger partial charge on any atom is -0.362 e. The Hall–Kier alpha value is -0.710. The molecule has 0 saturated carbocycles. The zero-order chi connectivity index (χ0) is 9.68. The van der Waals surface area contributed by atoms with Crippen molar-refractivity contribution < 1.29 is 8.42 Å². The summed E-state index contributed by atoms with van der Waals surface area (Å²) >= 11 is 0. The van der Waals surface area contributed by atoms with Crippen LogP contribution in [0, 0.1) is 0 Å². The summed E-state index contributed by atoms with van der Waals surface area (Å²) in [5.74, 6) is 0.322. The molecule has 4 nitrogen and oxygen atoms in total. The van der Waals surface area contributed by atoms with Gasteiger partial charge in [-0.3, -0.25) is 0 Å². The molecular formula is C8H16N2O2S. The Morgan fingerprint density at radius 3 is 2.62 bits per heavy atom. The second kappa shape index (κ2) is 5.11. The number of nitrogens with zero attached hydrogens (tertiary/aromatic N) is 2. The lowest BCUT2D eigenvalue weighted by Gasteiger charge is -2.17. The Morgan fingerprint density at radius 2 is 2.08 bits per heavy atom. The third kappa shape index (κ3) is 4.17. The highest BCUT2D eigenvalue weighted by molar-refractivity contribution is 7.72. The first-order valence-electron chi connectivity index (χ1n) is 4.43. The van der Waals surface area contributed by atoms with Crippen molar-refractivity contribution in [1.82, 2.24) is 9.80 Å². The fourth-order valence-corrected chi connectivity index (χ4v) is 1.77. The zero-order valence-corrected chi connectivity index (χ0v) is 8.74. The van der Waals surface area contributed by atoms with Crippen LogP contribution in [0.2, 0.25) is 0 Å². The SMILES string of the molecule is CN1C=CN(CCCC[SH](=O)=O)C1. The van der Waals surface area contributed by atoms with Crippen molar-refractivity contribution in [2.24, 2.45) is 0 Å². The highest BCUT2D eigenvalue weighted by atomic mass is 32.2. The average molecular weight is 204 g/mol. The lowest BCUT2D eigenvalue weighted by molar-refractivity contribution is 0.293. The van der Waals surface area contributed by atoms with Crippen molar-refractivity contribution in [3.05, 3.63) is 12.4 Å². The fourth-order valence-electron chi connectivity index (χ4n) is 1.29. The molecule has 1 rings (SSSR count). The number of hydrogen-bond donors (Lipinski definition) is 1. The summed E-state index contributed by atoms with van der Waals surface area (Å²) in [6.07, 6.45) is 5.78. The summed E-state index contributed by atoms with van der Waals surface area (Å²) in [6.45, 7) is 1.87. The summed E-state index contributed by atoms with van der Waals surface area (Å²) < 4.78 is 20.5. The monoisotopic (exact) mass is 204 g/mol. The lowest BCUT2D eigenvalue weighted by Crippen LogP contribution is -2.23. The third-order valence-electron chi connectivity index (χ3n) is 1.97. The largest absolute Gasteiger partial charge is 0.362 e. The Balaban J connectivity index is 2.04. The fraction of sp³-hybridized carbons (Fsp3) is 0.750. The van der Waals surface area contributed by atoms with E-state index in [1.807, 2.05) is 19.4 Å². The molecule has 0 saturated heterocycles. The van der Waals surface area contributed by atoms with Crippen molar-refractivity contribution in [3.63, 3.8) is 0 Å². The summed E-state index contributed by atoms with van der Waals surface area (Å²) in [5.41, 5.74) is 0. The second-order valence-corrected chi connectivity index (χ2v) is 4.39. The van der Waals surface area contributed by atoms with Crippen LogP contribution in [0.3, 0.4) is 0 Å². The van der Waals surface area contributed by atoms with Crippen LogP contribution in [0.4, 0.5) is 0 Å². The predicted octanol–water partition coefficient (Wildman–Crippen LogP) is 0.0541. The Kier molecular flexibility index (Phi) is 4.08. The first-order valence-corrected chi connectivity index (χ1v) is 5.79. The molecule has 0 fully saturated rings. The van der Waals surface area contributed by atoms with Crippen LogP contribution in [0.25, 0.3) is 0 Å². The van der Waals surface area contributed by atoms with Gasteiger partial charge in [0.15, 0.2) is 0 Å². The van der Waals surface area contributed by atoms with Gasteiger partial charge in [0, 0.05) is 31.7 Å². The van der Waals surface area contributed by atoms with Gasteiger partial charge in [-0.1, -0.05) is 0 Å². The van der Waals surface area contributed by atoms with Crippen LogP contribution in [-0.4, -0.2) is 44.2 Å². The van der Waals surface area contributed by atoms with Crippen LogP contribution in [-0.2, 0) is 10.7 Å². The van der Waals surface area contributed by atoms with Gasteiger partial charge in [0.05, 0.1) is 6.67 Å². The van der Waals surface area contributed by atoms with E-state index in [9.17, 15) is 8.42 Å². The van der Waals surface area contributed by atoms with E-state index in [0.717, 1.165) is 26.1 Å². The van der Waals surface area contributed by atoms with Crippen LogP contribution >= 0.6 is 0 Å². The molecule has 0 aromatic rings. The number of unbranched alkanes of at least 4 members (excludes halogenated alkanes) is 1. The van der Waals surface area contributed by atoms with E-state index in [4.69, 9.17) is 0 Å². The molecule has 76 valence electrons. The van der Waals surface area contributed by atoms with Gasteiger partial charge in [-0.05, 0) is 12.8 Å². The van der Waals surface area contributed by atoms with Crippen LogP contribution in [0.1, 0.15) is 12.8 Å². The summed E-state index contributed by atoms with van der Waals surface area (Å²) in [7, 11) is -0.161. The minimum atomic E-state index is -2.18. The Bertz CT molecular complexity index is 243. The Labute approximate surface area is 80.8 Å². The van der Waals surface area contributed by atoms with Gasteiger partial charge in [0.1, 0.15) is 10.7 Å². The maximum atomic E-state index is 10.2. The van der Waals surface area contributed by atoms with Gasteiger partial charge in [0.25, 0.3) is 0 Å². The molecule has 0 radical (unpaired) electrons. The highest BCUT2D eigenvalue weighted by Gasteiger charge is 2.06. The molecule has 0 bridgehead atoms. The van der Waals surface area contributed by atoms with E-state index in [2.05, 4.69) is 9.80 Å². The van der Waals surface area contributed by atoms with Gasteiger partial charge in [-0.2, -0.15) is 0 Å². The zero-order valence-electron chi connectivity index (χ0n) is 7.85. The quantitative estimate of drug-likeness (QED) is 0.507. The van der Waals surface area contributed by atoms with E-state index in [0.29, 0.717) is 5.75 Å². The van der Waals surface area contributed by atoms with Crippen molar-refractivity contribution in [2.45, 2.75) is 12.8 Å². The van der Waals surface area contributed by atoms with E-state index < -0.39 is 10.7 Å². The molecule has 0 unspecified atom stereocenters. The maximum Gasteiger partial charge on any atom is 0.140 e. The summed E-state index contributed by atoms with van der Waals surface area (Å²) in [6, 6.07) is 0. The smallest absolute Gasteiger partial charge is 0.140 e. The molecule has 5 heteroatoms. The molecule has 0 N–H and O–H groups in total. The molecule has 1 aliphatic rings. The van der Waals surface area contributed by atoms with Crippen LogP contribution in [0.15, 0.2) is 12.4 Å². The molecule has 13 heavy (non-hydrogen) atoms. The normalized spacial score (nSPS) is 16.2. The molecule has 1 heterocycles. The molecule has 0 spiro atoms. The maximum absolute atomic E-state index is 10.2. The average Bonchev–Trinajstić information content (AvgIpc) is 2.45. The summed E-state index contributed by atoms with van der Waals surface area (Å²) in [4.78, 5) is 4.27. The van der Waals surface area contributed by atoms with Crippen molar-refractivity contribution in [2.75, 3.05) is 26.0 Å². The summed E-state index contributed by atoms with van der Waals surface area (Å²) in [5, 5.41) is 0. The lowest BCUT2D eigenvalue weighted by atomic mass is 10.3. The van der Waals surface area contributed by atoms with Crippen molar-refractivity contribution in [3.8, 4) is 0 Å². The molecule has 0 aliphatic carbocycles. The van der Waals surface area contributed by atoms with Gasteiger partial charge < -0.3 is 9.80 Å². The first-order chi connectivity index (χ1) is 6.18. The van der Waals surface area contributed by atoms with Gasteiger partial charge in [-0.15, -0.1) is 0 Å². The molecule has 1 aliphatic heterocycles. The van der Waals surface area contributed by atoms with Crippen LogP contribution in [0.5, 0.6) is 0 Å². The topological polar surface area (TPSA) is 40.6 Å². The van der Waals surface area contributed by atoms with E-state index >= 15 is 0 Å². The number of thiol groups is 1. The van der Waals surface area contributed by atoms with E-state index in [1.165, 1.54) is 0 Å². The van der Waals surface area contributed by atoms with Crippen molar-refractivity contribution in [1.29, 1.82) is 0 Å². The number of rotatable bonds is 5. The third-order valence-corrected chi connectivity index (χ3v) is 2.65. The molecule has 0 aromatic carbocycles. The van der Waals surface area contributed by atoms with Crippen molar-refractivity contribution >= 4 is 10.7 Å². The second-order valence-electron chi connectivity index (χ2n) is 3.27. The molecule has 0 atom stereocenters. The predicted molar refractivity (Wildman–Crippen MR) is 52.9 cm³/mol. The van der Waals surface area contributed by atoms with E-state index in [-0.39, 0.29) is 0 Å². The standard InChI is InChI=1S/C8H16N2O2S/c1-9-5-6-10(8-9)4-2-3-7-13(11)12/h5-6,13H,2-4,7-8H2,1H3. The molecule has 0 amide bonds. The van der Waals surface area contributed by atoms with Gasteiger partial charge >= 0.3 is 0 Å². The molecule has 0 aromatic heterocycles. The van der Waals surface area contributed by atoms with E-state index in [1.54, 1.807) is 0 Å². The Morgan fingerprint density at radius 1 is 1.31 bits per heavy atom.